The predicted molar refractivity (Wildman–Crippen MR) is 115 cm³/mol. The van der Waals surface area contributed by atoms with Gasteiger partial charge < -0.3 is 10.2 Å². The van der Waals surface area contributed by atoms with Crippen molar-refractivity contribution in [2.75, 3.05) is 25.0 Å². The highest BCUT2D eigenvalue weighted by molar-refractivity contribution is 7.89. The molecule has 2 aromatic rings. The molecule has 0 atom stereocenters. The van der Waals surface area contributed by atoms with Gasteiger partial charge in [0, 0.05) is 18.0 Å². The van der Waals surface area contributed by atoms with Crippen LogP contribution in [0.1, 0.15) is 30.6 Å². The van der Waals surface area contributed by atoms with Crippen LogP contribution in [-0.2, 0) is 19.7 Å². The van der Waals surface area contributed by atoms with Gasteiger partial charge in [-0.1, -0.05) is 35.7 Å². The standard InChI is InChI=1S/C19H22ClN3O4S2/c20-17-8-7-16(29(25,26)23-9-3-1-2-4-10-23)12-18(17)22-19(24)14-27-21-13-15-6-5-11-28-15/h5-8,11-13H,1-4,9-10,14H2,(H,22,24)/b21-13+. The third-order valence-corrected chi connectivity index (χ3v) is 7.44. The molecule has 1 amide bonds. The number of amides is 1. The first-order chi connectivity index (χ1) is 14.0. The summed E-state index contributed by atoms with van der Waals surface area (Å²) in [5.41, 5.74) is 0.221. The molecule has 1 aromatic heterocycles. The summed E-state index contributed by atoms with van der Waals surface area (Å²) in [6.45, 7) is 0.687. The largest absolute Gasteiger partial charge is 0.386 e. The summed E-state index contributed by atoms with van der Waals surface area (Å²) in [5.74, 6) is -0.487. The van der Waals surface area contributed by atoms with Gasteiger partial charge >= 0.3 is 0 Å². The molecule has 1 aromatic carbocycles. The van der Waals surface area contributed by atoms with Crippen LogP contribution in [0.5, 0.6) is 0 Å². The lowest BCUT2D eigenvalue weighted by Crippen LogP contribution is -2.32. The molecular weight excluding hydrogens is 434 g/mol. The minimum absolute atomic E-state index is 0.107. The second kappa shape index (κ2) is 10.2. The van der Waals surface area contributed by atoms with E-state index in [0.29, 0.717) is 13.1 Å². The van der Waals surface area contributed by atoms with Crippen molar-refractivity contribution in [3.05, 3.63) is 45.6 Å². The first-order valence-electron chi connectivity index (χ1n) is 9.25. The summed E-state index contributed by atoms with van der Waals surface area (Å²) >= 11 is 7.63. The fourth-order valence-corrected chi connectivity index (χ4v) is 5.21. The van der Waals surface area contributed by atoms with Crippen LogP contribution in [0.15, 0.2) is 45.8 Å². The number of thiophene rings is 1. The van der Waals surface area contributed by atoms with Gasteiger partial charge in [0.1, 0.15) is 0 Å². The van der Waals surface area contributed by atoms with Crippen LogP contribution >= 0.6 is 22.9 Å². The van der Waals surface area contributed by atoms with E-state index < -0.39 is 15.9 Å². The summed E-state index contributed by atoms with van der Waals surface area (Å²) in [4.78, 5) is 18.1. The van der Waals surface area contributed by atoms with Crippen LogP contribution < -0.4 is 5.32 Å². The zero-order valence-corrected chi connectivity index (χ0v) is 18.1. The van der Waals surface area contributed by atoms with Crippen LogP contribution in [-0.4, -0.2) is 44.5 Å². The molecule has 0 unspecified atom stereocenters. The topological polar surface area (TPSA) is 88.1 Å². The zero-order valence-electron chi connectivity index (χ0n) is 15.7. The maximum absolute atomic E-state index is 12.9. The highest BCUT2D eigenvalue weighted by Gasteiger charge is 2.26. The number of rotatable bonds is 7. The average molecular weight is 456 g/mol. The van der Waals surface area contributed by atoms with E-state index in [1.54, 1.807) is 0 Å². The second-order valence-electron chi connectivity index (χ2n) is 6.53. The van der Waals surface area contributed by atoms with Gasteiger partial charge in [-0.3, -0.25) is 4.79 Å². The van der Waals surface area contributed by atoms with Crippen molar-refractivity contribution in [3.63, 3.8) is 0 Å². The maximum Gasteiger partial charge on any atom is 0.265 e. The van der Waals surface area contributed by atoms with E-state index >= 15 is 0 Å². The van der Waals surface area contributed by atoms with Gasteiger partial charge in [-0.15, -0.1) is 11.3 Å². The Bertz CT molecular complexity index is 954. The fraction of sp³-hybridized carbons (Fsp3) is 0.368. The summed E-state index contributed by atoms with van der Waals surface area (Å²) < 4.78 is 27.4. The molecule has 0 radical (unpaired) electrons. The second-order valence-corrected chi connectivity index (χ2v) is 9.86. The lowest BCUT2D eigenvalue weighted by atomic mass is 10.2. The normalized spacial score (nSPS) is 15.9. The Hall–Kier alpha value is -1.94. The number of oxime groups is 1. The zero-order chi connectivity index (χ0) is 20.7. The number of benzene rings is 1. The number of anilines is 1. The van der Waals surface area contributed by atoms with Crippen molar-refractivity contribution < 1.29 is 18.0 Å². The van der Waals surface area contributed by atoms with E-state index in [1.165, 1.54) is 40.1 Å². The number of hydrogen-bond donors (Lipinski definition) is 1. The Morgan fingerprint density at radius 2 is 2.00 bits per heavy atom. The Labute approximate surface area is 179 Å². The predicted octanol–water partition coefficient (Wildman–Crippen LogP) is 3.96. The Balaban J connectivity index is 1.64. The van der Waals surface area contributed by atoms with Crippen LogP contribution in [0.3, 0.4) is 0 Å². The van der Waals surface area contributed by atoms with Crippen molar-refractivity contribution in [2.24, 2.45) is 5.16 Å². The highest BCUT2D eigenvalue weighted by atomic mass is 35.5. The van der Waals surface area contributed by atoms with Crippen molar-refractivity contribution in [3.8, 4) is 0 Å². The summed E-state index contributed by atoms with van der Waals surface area (Å²) in [7, 11) is -3.64. The lowest BCUT2D eigenvalue weighted by molar-refractivity contribution is -0.120. The molecule has 1 aliphatic heterocycles. The molecule has 29 heavy (non-hydrogen) atoms. The monoisotopic (exact) mass is 455 g/mol. The van der Waals surface area contributed by atoms with Crippen LogP contribution in [0.4, 0.5) is 5.69 Å². The van der Waals surface area contributed by atoms with E-state index in [9.17, 15) is 13.2 Å². The number of nitrogens with zero attached hydrogens (tertiary/aromatic N) is 2. The SMILES string of the molecule is O=C(CO/N=C/c1cccs1)Nc1cc(S(=O)(=O)N2CCCCCC2)ccc1Cl. The van der Waals surface area contributed by atoms with Crippen LogP contribution in [0, 0.1) is 0 Å². The molecule has 1 fully saturated rings. The van der Waals surface area contributed by atoms with Crippen LogP contribution in [0.2, 0.25) is 5.02 Å². The molecule has 0 aliphatic carbocycles. The maximum atomic E-state index is 12.9. The van der Waals surface area contributed by atoms with Crippen molar-refractivity contribution in [2.45, 2.75) is 30.6 Å². The third kappa shape index (κ3) is 6.02. The van der Waals surface area contributed by atoms with Crippen molar-refractivity contribution in [1.29, 1.82) is 0 Å². The van der Waals surface area contributed by atoms with Crippen molar-refractivity contribution in [1.82, 2.24) is 4.31 Å². The number of sulfonamides is 1. The fourth-order valence-electron chi connectivity index (χ4n) is 2.93. The molecule has 0 bridgehead atoms. The van der Waals surface area contributed by atoms with Gasteiger partial charge in [0.2, 0.25) is 10.0 Å². The Morgan fingerprint density at radius 3 is 2.69 bits per heavy atom. The summed E-state index contributed by atoms with van der Waals surface area (Å²) in [6, 6.07) is 8.06. The number of carbonyl (C=O) groups excluding carboxylic acids is 1. The molecule has 156 valence electrons. The molecule has 7 nitrogen and oxygen atoms in total. The Morgan fingerprint density at radius 1 is 1.24 bits per heavy atom. The lowest BCUT2D eigenvalue weighted by Gasteiger charge is -2.20. The number of carbonyl (C=O) groups is 1. The molecular formula is C19H22ClN3O4S2. The van der Waals surface area contributed by atoms with Gasteiger partial charge in [-0.05, 0) is 42.5 Å². The van der Waals surface area contributed by atoms with Gasteiger partial charge in [0.25, 0.3) is 5.91 Å². The van der Waals surface area contributed by atoms with E-state index in [0.717, 1.165) is 30.6 Å². The third-order valence-electron chi connectivity index (χ3n) is 4.41. The van der Waals surface area contributed by atoms with E-state index in [-0.39, 0.29) is 22.2 Å². The average Bonchev–Trinajstić information content (AvgIpc) is 3.05. The molecule has 1 N–H and O–H groups in total. The van der Waals surface area contributed by atoms with Gasteiger partial charge in [0.15, 0.2) is 6.61 Å². The molecule has 1 saturated heterocycles. The minimum Gasteiger partial charge on any atom is -0.386 e. The first kappa shape index (κ1) is 21.8. The molecule has 0 saturated carbocycles. The number of halogens is 1. The smallest absolute Gasteiger partial charge is 0.265 e. The quantitative estimate of drug-likeness (QED) is 0.505. The first-order valence-corrected chi connectivity index (χ1v) is 11.9. The molecule has 2 heterocycles. The molecule has 0 spiro atoms. The summed E-state index contributed by atoms with van der Waals surface area (Å²) in [5, 5.41) is 8.47. The minimum atomic E-state index is -3.64. The molecule has 1 aliphatic rings. The van der Waals surface area contributed by atoms with E-state index in [2.05, 4.69) is 10.5 Å². The molecule has 10 heteroatoms. The van der Waals surface area contributed by atoms with Gasteiger partial charge in [0.05, 0.1) is 21.8 Å². The highest BCUT2D eigenvalue weighted by Crippen LogP contribution is 2.28. The van der Waals surface area contributed by atoms with Crippen LogP contribution in [0.25, 0.3) is 0 Å². The number of hydrogen-bond acceptors (Lipinski definition) is 6. The van der Waals surface area contributed by atoms with E-state index in [4.69, 9.17) is 16.4 Å². The van der Waals surface area contributed by atoms with Gasteiger partial charge in [-0.25, -0.2) is 8.42 Å². The Kier molecular flexibility index (Phi) is 7.65. The van der Waals surface area contributed by atoms with Crippen molar-refractivity contribution >= 4 is 50.8 Å². The molecule has 3 rings (SSSR count). The van der Waals surface area contributed by atoms with E-state index in [1.807, 2.05) is 17.5 Å². The number of nitrogens with one attached hydrogen (secondary N) is 1. The van der Waals surface area contributed by atoms with Gasteiger partial charge in [-0.2, -0.15) is 4.31 Å². The summed E-state index contributed by atoms with van der Waals surface area (Å²) in [6.07, 6.45) is 5.27.